The van der Waals surface area contributed by atoms with E-state index in [1.807, 2.05) is 12.1 Å². The lowest BCUT2D eigenvalue weighted by Gasteiger charge is -2.35. The number of hydrogen-bond donors (Lipinski definition) is 1. The molecule has 4 rings (SSSR count). The number of nitrogens with one attached hydrogen (secondary N) is 1. The molecule has 0 aliphatic carbocycles. The summed E-state index contributed by atoms with van der Waals surface area (Å²) in [5.74, 6) is -0.508. The van der Waals surface area contributed by atoms with Crippen LogP contribution in [-0.2, 0) is 11.3 Å². The van der Waals surface area contributed by atoms with E-state index in [1.165, 1.54) is 30.0 Å². The summed E-state index contributed by atoms with van der Waals surface area (Å²) < 4.78 is 13.1. The van der Waals surface area contributed by atoms with Gasteiger partial charge in [-0.15, -0.1) is 0 Å². The number of nitrogens with zero attached hydrogens (tertiary/aromatic N) is 3. The lowest BCUT2D eigenvalue weighted by molar-refractivity contribution is -0.126. The number of hydrogen-bond acceptors (Lipinski definition) is 4. The van der Waals surface area contributed by atoms with Gasteiger partial charge in [-0.3, -0.25) is 9.59 Å². The second-order valence-electron chi connectivity index (χ2n) is 8.71. The number of para-hydroxylation sites is 1. The number of halogens is 1. The molecule has 0 atom stereocenters. The van der Waals surface area contributed by atoms with Crippen LogP contribution >= 0.6 is 0 Å². The SMILES string of the molecule is CN1CCN(c2ccccc2CNC(=O)C2CCN(C(=O)c3ccc(F)cc3)CC2)CC1. The van der Waals surface area contributed by atoms with Crippen molar-refractivity contribution in [3.8, 4) is 0 Å². The maximum absolute atomic E-state index is 13.1. The molecule has 6 nitrogen and oxygen atoms in total. The zero-order valence-corrected chi connectivity index (χ0v) is 18.6. The Hall–Kier alpha value is -2.93. The summed E-state index contributed by atoms with van der Waals surface area (Å²) in [5, 5.41) is 3.12. The first-order valence-electron chi connectivity index (χ1n) is 11.4. The van der Waals surface area contributed by atoms with Crippen LogP contribution in [0.15, 0.2) is 48.5 Å². The van der Waals surface area contributed by atoms with Crippen molar-refractivity contribution in [3.05, 3.63) is 65.5 Å². The summed E-state index contributed by atoms with van der Waals surface area (Å²) in [4.78, 5) is 31.9. The van der Waals surface area contributed by atoms with Gasteiger partial charge in [0.05, 0.1) is 0 Å². The average molecular weight is 439 g/mol. The van der Waals surface area contributed by atoms with Crippen molar-refractivity contribution in [2.24, 2.45) is 5.92 Å². The lowest BCUT2D eigenvalue weighted by Crippen LogP contribution is -2.45. The Labute approximate surface area is 189 Å². The number of carbonyl (C=O) groups is 2. The Morgan fingerprint density at radius 2 is 1.59 bits per heavy atom. The molecule has 0 saturated carbocycles. The molecule has 0 radical (unpaired) electrons. The van der Waals surface area contributed by atoms with Crippen molar-refractivity contribution < 1.29 is 14.0 Å². The molecule has 0 unspecified atom stereocenters. The quantitative estimate of drug-likeness (QED) is 0.780. The van der Waals surface area contributed by atoms with Crippen molar-refractivity contribution in [1.82, 2.24) is 15.1 Å². The fourth-order valence-electron chi connectivity index (χ4n) is 4.46. The van der Waals surface area contributed by atoms with E-state index in [-0.39, 0.29) is 23.5 Å². The number of piperidine rings is 1. The second-order valence-corrected chi connectivity index (χ2v) is 8.71. The normalized spacial score (nSPS) is 17.9. The van der Waals surface area contributed by atoms with Gasteiger partial charge in [-0.1, -0.05) is 18.2 Å². The van der Waals surface area contributed by atoms with Gasteiger partial charge in [0.15, 0.2) is 0 Å². The molecule has 2 saturated heterocycles. The third kappa shape index (κ3) is 5.27. The Morgan fingerprint density at radius 3 is 2.28 bits per heavy atom. The van der Waals surface area contributed by atoms with Crippen LogP contribution in [0.25, 0.3) is 0 Å². The Morgan fingerprint density at radius 1 is 0.938 bits per heavy atom. The zero-order chi connectivity index (χ0) is 22.5. The van der Waals surface area contributed by atoms with Crippen LogP contribution in [0.3, 0.4) is 0 Å². The van der Waals surface area contributed by atoms with Gasteiger partial charge < -0.3 is 20.0 Å². The first-order chi connectivity index (χ1) is 15.5. The van der Waals surface area contributed by atoms with E-state index in [0.29, 0.717) is 38.0 Å². The molecular weight excluding hydrogens is 407 g/mol. The van der Waals surface area contributed by atoms with E-state index >= 15 is 0 Å². The van der Waals surface area contributed by atoms with Crippen molar-refractivity contribution in [2.45, 2.75) is 19.4 Å². The van der Waals surface area contributed by atoms with E-state index in [0.717, 1.165) is 31.7 Å². The minimum Gasteiger partial charge on any atom is -0.369 e. The highest BCUT2D eigenvalue weighted by atomic mass is 19.1. The number of anilines is 1. The van der Waals surface area contributed by atoms with E-state index in [2.05, 4.69) is 34.3 Å². The number of carbonyl (C=O) groups excluding carboxylic acids is 2. The molecule has 0 spiro atoms. The molecule has 170 valence electrons. The van der Waals surface area contributed by atoms with E-state index < -0.39 is 0 Å². The first-order valence-corrected chi connectivity index (χ1v) is 11.4. The van der Waals surface area contributed by atoms with Crippen LogP contribution < -0.4 is 10.2 Å². The molecule has 32 heavy (non-hydrogen) atoms. The van der Waals surface area contributed by atoms with E-state index in [4.69, 9.17) is 0 Å². The van der Waals surface area contributed by atoms with Gasteiger partial charge in [0.1, 0.15) is 5.82 Å². The molecule has 2 aromatic carbocycles. The van der Waals surface area contributed by atoms with Crippen LogP contribution in [0.5, 0.6) is 0 Å². The number of benzene rings is 2. The zero-order valence-electron chi connectivity index (χ0n) is 18.6. The van der Waals surface area contributed by atoms with Crippen LogP contribution in [0.1, 0.15) is 28.8 Å². The molecule has 1 N–H and O–H groups in total. The number of likely N-dealkylation sites (N-methyl/N-ethyl adjacent to an activating group) is 1. The summed E-state index contributed by atoms with van der Waals surface area (Å²) in [6, 6.07) is 13.9. The standard InChI is InChI=1S/C25H31FN4O2/c1-28-14-16-29(17-15-28)23-5-3-2-4-21(23)18-27-24(31)19-10-12-30(13-11-19)25(32)20-6-8-22(26)9-7-20/h2-9,19H,10-18H2,1H3,(H,27,31). The molecule has 0 bridgehead atoms. The topological polar surface area (TPSA) is 55.9 Å². The van der Waals surface area contributed by atoms with E-state index in [1.54, 1.807) is 4.90 Å². The highest BCUT2D eigenvalue weighted by Crippen LogP contribution is 2.23. The third-order valence-corrected chi connectivity index (χ3v) is 6.53. The highest BCUT2D eigenvalue weighted by molar-refractivity contribution is 5.94. The fourth-order valence-corrected chi connectivity index (χ4v) is 4.46. The molecule has 2 amide bonds. The molecule has 7 heteroatoms. The van der Waals surface area contributed by atoms with Crippen molar-refractivity contribution in [1.29, 1.82) is 0 Å². The summed E-state index contributed by atoms with van der Waals surface area (Å²) in [6.45, 7) is 5.63. The van der Waals surface area contributed by atoms with Gasteiger partial charge in [0.2, 0.25) is 5.91 Å². The minimum atomic E-state index is -0.355. The Bertz CT molecular complexity index is 933. The Kier molecular flexibility index (Phi) is 7.05. The number of piperazine rings is 1. The largest absolute Gasteiger partial charge is 0.369 e. The third-order valence-electron chi connectivity index (χ3n) is 6.53. The number of likely N-dealkylation sites (tertiary alicyclic amines) is 1. The van der Waals surface area contributed by atoms with E-state index in [9.17, 15) is 14.0 Å². The van der Waals surface area contributed by atoms with Crippen molar-refractivity contribution >= 4 is 17.5 Å². The van der Waals surface area contributed by atoms with Crippen molar-refractivity contribution in [2.75, 3.05) is 51.2 Å². The van der Waals surface area contributed by atoms with Gasteiger partial charge in [0.25, 0.3) is 5.91 Å². The summed E-state index contributed by atoms with van der Waals surface area (Å²) in [6.07, 6.45) is 1.28. The smallest absolute Gasteiger partial charge is 0.253 e. The van der Waals surface area contributed by atoms with Gasteiger partial charge >= 0.3 is 0 Å². The van der Waals surface area contributed by atoms with Crippen LogP contribution in [0.2, 0.25) is 0 Å². The molecule has 2 heterocycles. The molecule has 2 fully saturated rings. The summed E-state index contributed by atoms with van der Waals surface area (Å²) >= 11 is 0. The molecule has 0 aromatic heterocycles. The minimum absolute atomic E-state index is 0.0482. The highest BCUT2D eigenvalue weighted by Gasteiger charge is 2.28. The van der Waals surface area contributed by atoms with Gasteiger partial charge in [-0.25, -0.2) is 4.39 Å². The van der Waals surface area contributed by atoms with Crippen LogP contribution in [0.4, 0.5) is 10.1 Å². The predicted molar refractivity (Wildman–Crippen MR) is 123 cm³/mol. The van der Waals surface area contributed by atoms with Crippen LogP contribution in [0, 0.1) is 11.7 Å². The van der Waals surface area contributed by atoms with Gasteiger partial charge in [-0.2, -0.15) is 0 Å². The molecule has 2 aliphatic heterocycles. The lowest BCUT2D eigenvalue weighted by atomic mass is 9.95. The second kappa shape index (κ2) is 10.1. The number of rotatable bonds is 5. The maximum atomic E-state index is 13.1. The summed E-state index contributed by atoms with van der Waals surface area (Å²) in [7, 11) is 2.14. The fraction of sp³-hybridized carbons (Fsp3) is 0.440. The number of amides is 2. The molecule has 2 aliphatic rings. The monoisotopic (exact) mass is 438 g/mol. The predicted octanol–water partition coefficient (Wildman–Crippen LogP) is 2.75. The molecular formula is C25H31FN4O2. The van der Waals surface area contributed by atoms with Crippen molar-refractivity contribution in [3.63, 3.8) is 0 Å². The molecule has 2 aromatic rings. The van der Waals surface area contributed by atoms with Gasteiger partial charge in [-0.05, 0) is 55.8 Å². The van der Waals surface area contributed by atoms with Gasteiger partial charge in [0, 0.05) is 63.0 Å². The maximum Gasteiger partial charge on any atom is 0.253 e. The first kappa shape index (κ1) is 22.3. The average Bonchev–Trinajstić information content (AvgIpc) is 2.83. The summed E-state index contributed by atoms with van der Waals surface area (Å²) in [5.41, 5.74) is 2.81. The van der Waals surface area contributed by atoms with Crippen LogP contribution in [-0.4, -0.2) is 67.9 Å². The Balaban J connectivity index is 1.29.